The first-order valence-electron chi connectivity index (χ1n) is 7.30. The van der Waals surface area contributed by atoms with Gasteiger partial charge in [-0.15, -0.1) is 0 Å². The lowest BCUT2D eigenvalue weighted by Gasteiger charge is -2.25. The fraction of sp³-hybridized carbons (Fsp3) is 0.500. The highest BCUT2D eigenvalue weighted by Crippen LogP contribution is 2.23. The molecule has 1 unspecified atom stereocenters. The lowest BCUT2D eigenvalue weighted by atomic mass is 9.97. The molecule has 1 aliphatic rings. The molecule has 0 saturated carbocycles. The van der Waals surface area contributed by atoms with Gasteiger partial charge in [0.05, 0.1) is 19.6 Å². The van der Waals surface area contributed by atoms with Crippen molar-refractivity contribution in [1.82, 2.24) is 5.32 Å². The molecule has 2 rings (SSSR count). The molecule has 0 aromatic heterocycles. The fourth-order valence-electron chi connectivity index (χ4n) is 2.47. The van der Waals surface area contributed by atoms with Crippen LogP contribution in [0.1, 0.15) is 30.9 Å². The molecular formula is C16H20BrNO4. The van der Waals surface area contributed by atoms with E-state index in [1.165, 1.54) is 7.11 Å². The second kappa shape index (κ2) is 8.29. The Bertz CT molecular complexity index is 529. The number of halogens is 1. The number of esters is 1. The van der Waals surface area contributed by atoms with Crippen LogP contribution in [-0.4, -0.2) is 32.2 Å². The maximum absolute atomic E-state index is 12.4. The topological polar surface area (TPSA) is 64.6 Å². The van der Waals surface area contributed by atoms with Crippen LogP contribution >= 0.6 is 15.9 Å². The number of carbonyl (C=O) groups excluding carboxylic acids is 2. The monoisotopic (exact) mass is 369 g/mol. The summed E-state index contributed by atoms with van der Waals surface area (Å²) in [6.45, 7) is 1.22. The predicted octanol–water partition coefficient (Wildman–Crippen LogP) is 2.60. The van der Waals surface area contributed by atoms with Gasteiger partial charge in [-0.3, -0.25) is 9.59 Å². The van der Waals surface area contributed by atoms with Crippen molar-refractivity contribution in [2.45, 2.75) is 25.3 Å². The Labute approximate surface area is 138 Å². The number of hydrogen-bond acceptors (Lipinski definition) is 4. The molecule has 6 heteroatoms. The van der Waals surface area contributed by atoms with Crippen LogP contribution in [0.15, 0.2) is 28.7 Å². The first-order valence-corrected chi connectivity index (χ1v) is 8.10. The van der Waals surface area contributed by atoms with Crippen LogP contribution in [0.25, 0.3) is 0 Å². The van der Waals surface area contributed by atoms with Crippen molar-refractivity contribution >= 4 is 27.8 Å². The molecule has 1 saturated heterocycles. The van der Waals surface area contributed by atoms with E-state index < -0.39 is 0 Å². The standard InChI is InChI=1S/C16H20BrNO4/c1-21-15(19)10-14(12-3-2-4-13(17)9-12)18-16(20)11-5-7-22-8-6-11/h2-4,9,11,14H,5-8,10H2,1H3,(H,18,20). The van der Waals surface area contributed by atoms with Crippen LogP contribution in [0.2, 0.25) is 0 Å². The van der Waals surface area contributed by atoms with E-state index >= 15 is 0 Å². The van der Waals surface area contributed by atoms with Crippen molar-refractivity contribution in [2.24, 2.45) is 5.92 Å². The number of rotatable bonds is 5. The zero-order valence-electron chi connectivity index (χ0n) is 12.5. The summed E-state index contributed by atoms with van der Waals surface area (Å²) in [7, 11) is 1.35. The number of ether oxygens (including phenoxy) is 2. The van der Waals surface area contributed by atoms with Gasteiger partial charge in [0.1, 0.15) is 0 Å². The predicted molar refractivity (Wildman–Crippen MR) is 85.2 cm³/mol. The van der Waals surface area contributed by atoms with Gasteiger partial charge in [0, 0.05) is 23.6 Å². The summed E-state index contributed by atoms with van der Waals surface area (Å²) in [5.41, 5.74) is 0.875. The maximum Gasteiger partial charge on any atom is 0.307 e. The van der Waals surface area contributed by atoms with Crippen LogP contribution in [-0.2, 0) is 19.1 Å². The molecule has 22 heavy (non-hydrogen) atoms. The Morgan fingerprint density at radius 3 is 2.77 bits per heavy atom. The Kier molecular flexibility index (Phi) is 6.39. The van der Waals surface area contributed by atoms with Gasteiger partial charge in [0.2, 0.25) is 5.91 Å². The average molecular weight is 370 g/mol. The minimum atomic E-state index is -0.389. The van der Waals surface area contributed by atoms with Gasteiger partial charge in [0.25, 0.3) is 0 Å². The number of hydrogen-bond donors (Lipinski definition) is 1. The highest BCUT2D eigenvalue weighted by atomic mass is 79.9. The van der Waals surface area contributed by atoms with Gasteiger partial charge in [-0.25, -0.2) is 0 Å². The second-order valence-electron chi connectivity index (χ2n) is 5.28. The first-order chi connectivity index (χ1) is 10.6. The molecule has 5 nitrogen and oxygen atoms in total. The third-order valence-corrected chi connectivity index (χ3v) is 4.25. The highest BCUT2D eigenvalue weighted by molar-refractivity contribution is 9.10. The molecule has 0 aliphatic carbocycles. The Hall–Kier alpha value is -1.40. The van der Waals surface area contributed by atoms with Gasteiger partial charge >= 0.3 is 5.97 Å². The summed E-state index contributed by atoms with van der Waals surface area (Å²) in [6.07, 6.45) is 1.55. The Morgan fingerprint density at radius 1 is 1.41 bits per heavy atom. The molecule has 1 aromatic rings. The van der Waals surface area contributed by atoms with Gasteiger partial charge in [-0.1, -0.05) is 28.1 Å². The largest absolute Gasteiger partial charge is 0.469 e. The Balaban J connectivity index is 2.09. The summed E-state index contributed by atoms with van der Waals surface area (Å²) in [4.78, 5) is 24.0. The molecule has 1 amide bonds. The number of nitrogens with one attached hydrogen (secondary N) is 1. The van der Waals surface area contributed by atoms with E-state index in [2.05, 4.69) is 21.2 Å². The van der Waals surface area contributed by atoms with E-state index in [1.807, 2.05) is 24.3 Å². The molecule has 1 fully saturated rings. The van der Waals surface area contributed by atoms with E-state index in [-0.39, 0.29) is 30.3 Å². The molecule has 1 aromatic carbocycles. The molecule has 1 heterocycles. The number of carbonyl (C=O) groups is 2. The highest BCUT2D eigenvalue weighted by Gasteiger charge is 2.26. The van der Waals surface area contributed by atoms with Crippen LogP contribution in [0.4, 0.5) is 0 Å². The van der Waals surface area contributed by atoms with E-state index in [1.54, 1.807) is 0 Å². The van der Waals surface area contributed by atoms with E-state index in [0.29, 0.717) is 13.2 Å². The molecule has 1 atom stereocenters. The lowest BCUT2D eigenvalue weighted by Crippen LogP contribution is -2.37. The summed E-state index contributed by atoms with van der Waals surface area (Å²) in [5, 5.41) is 2.98. The maximum atomic E-state index is 12.4. The zero-order chi connectivity index (χ0) is 15.9. The average Bonchev–Trinajstić information content (AvgIpc) is 2.54. The van der Waals surface area contributed by atoms with Crippen LogP contribution < -0.4 is 5.32 Å². The van der Waals surface area contributed by atoms with Crippen LogP contribution in [0, 0.1) is 5.92 Å². The van der Waals surface area contributed by atoms with Crippen LogP contribution in [0.3, 0.4) is 0 Å². The molecule has 0 radical (unpaired) electrons. The summed E-state index contributed by atoms with van der Waals surface area (Å²) in [6, 6.07) is 7.18. The minimum absolute atomic E-state index is 0.0304. The van der Waals surface area contributed by atoms with Gasteiger partial charge < -0.3 is 14.8 Å². The molecular weight excluding hydrogens is 350 g/mol. The summed E-state index contributed by atoms with van der Waals surface area (Å²) >= 11 is 3.41. The van der Waals surface area contributed by atoms with Crippen molar-refractivity contribution in [3.8, 4) is 0 Å². The molecule has 0 bridgehead atoms. The smallest absolute Gasteiger partial charge is 0.307 e. The first kappa shape index (κ1) is 17.0. The number of benzene rings is 1. The fourth-order valence-corrected chi connectivity index (χ4v) is 2.89. The normalized spacial score (nSPS) is 16.8. The zero-order valence-corrected chi connectivity index (χ0v) is 14.1. The minimum Gasteiger partial charge on any atom is -0.469 e. The van der Waals surface area contributed by atoms with Crippen molar-refractivity contribution in [1.29, 1.82) is 0 Å². The van der Waals surface area contributed by atoms with Crippen molar-refractivity contribution in [3.63, 3.8) is 0 Å². The van der Waals surface area contributed by atoms with Crippen LogP contribution in [0.5, 0.6) is 0 Å². The van der Waals surface area contributed by atoms with E-state index in [4.69, 9.17) is 9.47 Å². The number of methoxy groups -OCH3 is 1. The van der Waals surface area contributed by atoms with Gasteiger partial charge in [-0.05, 0) is 30.5 Å². The molecule has 120 valence electrons. The molecule has 1 N–H and O–H groups in total. The second-order valence-corrected chi connectivity index (χ2v) is 6.20. The third-order valence-electron chi connectivity index (χ3n) is 3.76. The Morgan fingerprint density at radius 2 is 2.14 bits per heavy atom. The van der Waals surface area contributed by atoms with Crippen molar-refractivity contribution in [2.75, 3.05) is 20.3 Å². The van der Waals surface area contributed by atoms with E-state index in [0.717, 1.165) is 22.9 Å². The van der Waals surface area contributed by atoms with E-state index in [9.17, 15) is 9.59 Å². The van der Waals surface area contributed by atoms with Gasteiger partial charge in [-0.2, -0.15) is 0 Å². The van der Waals surface area contributed by atoms with Gasteiger partial charge in [0.15, 0.2) is 0 Å². The SMILES string of the molecule is COC(=O)CC(NC(=O)C1CCOCC1)c1cccc(Br)c1. The molecule has 0 spiro atoms. The summed E-state index contributed by atoms with van der Waals surface area (Å²) in [5.74, 6) is -0.435. The third kappa shape index (κ3) is 4.81. The van der Waals surface area contributed by atoms with Crippen molar-refractivity contribution in [3.05, 3.63) is 34.3 Å². The molecule has 1 aliphatic heterocycles. The lowest BCUT2D eigenvalue weighted by molar-refractivity contribution is -0.141. The van der Waals surface area contributed by atoms with Crippen molar-refractivity contribution < 1.29 is 19.1 Å². The number of amides is 1. The summed E-state index contributed by atoms with van der Waals surface area (Å²) < 4.78 is 10.9. The quantitative estimate of drug-likeness (QED) is 0.810.